The van der Waals surface area contributed by atoms with Crippen LogP contribution >= 0.6 is 23.2 Å². The third-order valence-electron chi connectivity index (χ3n) is 2.38. The molecule has 0 saturated heterocycles. The lowest BCUT2D eigenvalue weighted by atomic mass is 10.2. The first-order chi connectivity index (χ1) is 10.5. The smallest absolute Gasteiger partial charge is 0.275 e. The van der Waals surface area contributed by atoms with Gasteiger partial charge < -0.3 is 10.2 Å². The number of benzene rings is 1. The SMILES string of the molecule is N/C(=N/N=C/c1ccc(-c2ccc(Cl)cc2Cl)o1)N[N+](=O)[O-]. The lowest BCUT2D eigenvalue weighted by molar-refractivity contribution is -0.525. The summed E-state index contributed by atoms with van der Waals surface area (Å²) in [6.07, 6.45) is 1.25. The second-order valence-corrected chi connectivity index (χ2v) is 4.77. The fraction of sp³-hybridized carbons (Fsp3) is 0. The molecule has 0 amide bonds. The van der Waals surface area contributed by atoms with Gasteiger partial charge in [0, 0.05) is 10.6 Å². The number of nitrogens with two attached hydrogens (primary N) is 1. The van der Waals surface area contributed by atoms with E-state index in [-0.39, 0.29) is 0 Å². The third kappa shape index (κ3) is 4.21. The van der Waals surface area contributed by atoms with Crippen molar-refractivity contribution in [2.24, 2.45) is 15.9 Å². The van der Waals surface area contributed by atoms with Crippen LogP contribution in [0.5, 0.6) is 0 Å². The minimum absolute atomic E-state index is 0.374. The summed E-state index contributed by atoms with van der Waals surface area (Å²) >= 11 is 11.9. The Labute approximate surface area is 134 Å². The van der Waals surface area contributed by atoms with Gasteiger partial charge in [-0.3, -0.25) is 0 Å². The molecule has 1 aromatic heterocycles. The van der Waals surface area contributed by atoms with E-state index in [4.69, 9.17) is 33.4 Å². The Hall–Kier alpha value is -2.58. The monoisotopic (exact) mass is 341 g/mol. The van der Waals surface area contributed by atoms with Gasteiger partial charge in [-0.05, 0) is 30.3 Å². The van der Waals surface area contributed by atoms with Gasteiger partial charge in [0.1, 0.15) is 11.5 Å². The number of hydrogen-bond donors (Lipinski definition) is 2. The number of furan rings is 1. The number of rotatable bonds is 4. The molecule has 8 nitrogen and oxygen atoms in total. The van der Waals surface area contributed by atoms with E-state index in [9.17, 15) is 10.1 Å². The fourth-order valence-electron chi connectivity index (χ4n) is 1.52. The molecule has 0 aliphatic heterocycles. The average Bonchev–Trinajstić information content (AvgIpc) is 2.86. The molecular weight excluding hydrogens is 333 g/mol. The van der Waals surface area contributed by atoms with Gasteiger partial charge in [-0.2, -0.15) is 5.10 Å². The predicted octanol–water partition coefficient (Wildman–Crippen LogP) is 2.68. The van der Waals surface area contributed by atoms with Crippen LogP contribution < -0.4 is 11.2 Å². The van der Waals surface area contributed by atoms with E-state index >= 15 is 0 Å². The van der Waals surface area contributed by atoms with Crippen molar-refractivity contribution in [3.63, 3.8) is 0 Å². The van der Waals surface area contributed by atoms with Gasteiger partial charge in [0.05, 0.1) is 11.2 Å². The second kappa shape index (κ2) is 6.92. The number of guanidine groups is 1. The van der Waals surface area contributed by atoms with Crippen LogP contribution in [0, 0.1) is 10.1 Å². The first kappa shape index (κ1) is 15.8. The van der Waals surface area contributed by atoms with Gasteiger partial charge in [-0.1, -0.05) is 28.6 Å². The fourth-order valence-corrected chi connectivity index (χ4v) is 2.02. The van der Waals surface area contributed by atoms with Gasteiger partial charge in [0.15, 0.2) is 5.03 Å². The maximum Gasteiger partial charge on any atom is 0.275 e. The van der Waals surface area contributed by atoms with Crippen LogP contribution in [0.2, 0.25) is 10.0 Å². The van der Waals surface area contributed by atoms with Crippen molar-refractivity contribution in [1.29, 1.82) is 0 Å². The Morgan fingerprint density at radius 2 is 2.14 bits per heavy atom. The Bertz CT molecular complexity index is 757. The molecule has 0 aliphatic carbocycles. The van der Waals surface area contributed by atoms with Crippen LogP contribution in [0.3, 0.4) is 0 Å². The summed E-state index contributed by atoms with van der Waals surface area (Å²) in [6.45, 7) is 0. The predicted molar refractivity (Wildman–Crippen MR) is 83.5 cm³/mol. The van der Waals surface area contributed by atoms with Crippen LogP contribution in [0.15, 0.2) is 45.0 Å². The molecule has 0 bridgehead atoms. The molecule has 2 aromatic rings. The molecule has 2 rings (SSSR count). The maximum absolute atomic E-state index is 10.1. The molecule has 0 aliphatic rings. The van der Waals surface area contributed by atoms with Gasteiger partial charge in [-0.15, -0.1) is 5.10 Å². The minimum atomic E-state index is -0.845. The van der Waals surface area contributed by atoms with Crippen LogP contribution in [0.1, 0.15) is 5.76 Å². The van der Waals surface area contributed by atoms with Crippen molar-refractivity contribution >= 4 is 35.4 Å². The van der Waals surface area contributed by atoms with Crippen molar-refractivity contribution in [1.82, 2.24) is 5.43 Å². The van der Waals surface area contributed by atoms with Crippen molar-refractivity contribution in [3.8, 4) is 11.3 Å². The van der Waals surface area contributed by atoms with Crippen LogP contribution in [-0.2, 0) is 0 Å². The molecule has 0 unspecified atom stereocenters. The van der Waals surface area contributed by atoms with E-state index in [2.05, 4.69) is 10.2 Å². The third-order valence-corrected chi connectivity index (χ3v) is 2.93. The lowest BCUT2D eigenvalue weighted by Crippen LogP contribution is -2.35. The summed E-state index contributed by atoms with van der Waals surface area (Å²) in [5, 5.41) is 17.2. The molecular formula is C12H9Cl2N5O3. The van der Waals surface area contributed by atoms with E-state index in [0.717, 1.165) is 0 Å². The molecule has 0 spiro atoms. The molecule has 0 radical (unpaired) electrons. The number of nitrogens with zero attached hydrogens (tertiary/aromatic N) is 3. The summed E-state index contributed by atoms with van der Waals surface area (Å²) in [5.41, 5.74) is 7.51. The highest BCUT2D eigenvalue weighted by molar-refractivity contribution is 6.36. The summed E-state index contributed by atoms with van der Waals surface area (Å²) in [7, 11) is 0. The van der Waals surface area contributed by atoms with Crippen molar-refractivity contribution in [3.05, 3.63) is 56.3 Å². The molecule has 114 valence electrons. The number of hydrazine groups is 1. The molecule has 22 heavy (non-hydrogen) atoms. The van der Waals surface area contributed by atoms with E-state index in [1.165, 1.54) is 6.21 Å². The van der Waals surface area contributed by atoms with Crippen molar-refractivity contribution < 1.29 is 9.45 Å². The zero-order chi connectivity index (χ0) is 16.1. The quantitative estimate of drug-likeness (QED) is 0.383. The van der Waals surface area contributed by atoms with Crippen molar-refractivity contribution in [2.75, 3.05) is 0 Å². The normalized spacial score (nSPS) is 11.8. The van der Waals surface area contributed by atoms with Crippen LogP contribution in [0.4, 0.5) is 0 Å². The number of nitro groups is 1. The zero-order valence-electron chi connectivity index (χ0n) is 10.9. The number of halogens is 2. The maximum atomic E-state index is 10.1. The molecule has 10 heteroatoms. The highest BCUT2D eigenvalue weighted by Gasteiger charge is 2.08. The Morgan fingerprint density at radius 1 is 1.36 bits per heavy atom. The standard InChI is InChI=1S/C12H9Cl2N5O3/c13-7-1-3-9(10(14)5-7)11-4-2-8(22-11)6-16-17-12(15)18-19(20)21/h1-6H,(H3,15,17,18)/b16-6+. The summed E-state index contributed by atoms with van der Waals surface area (Å²) in [6, 6.07) is 8.34. The van der Waals surface area contributed by atoms with Crippen LogP contribution in [0.25, 0.3) is 11.3 Å². The van der Waals surface area contributed by atoms with E-state index in [1.807, 2.05) is 0 Å². The second-order valence-electron chi connectivity index (χ2n) is 3.92. The van der Waals surface area contributed by atoms with Gasteiger partial charge in [0.2, 0.25) is 0 Å². The van der Waals surface area contributed by atoms with E-state index in [0.29, 0.717) is 27.1 Å². The molecule has 0 saturated carbocycles. The highest BCUT2D eigenvalue weighted by atomic mass is 35.5. The Kier molecular flexibility index (Phi) is 4.97. The summed E-state index contributed by atoms with van der Waals surface area (Å²) in [4.78, 5) is 10.1. The van der Waals surface area contributed by atoms with Crippen LogP contribution in [-0.4, -0.2) is 17.2 Å². The Morgan fingerprint density at radius 3 is 2.82 bits per heavy atom. The van der Waals surface area contributed by atoms with Crippen molar-refractivity contribution in [2.45, 2.75) is 0 Å². The Balaban J connectivity index is 2.13. The topological polar surface area (TPSA) is 119 Å². The molecule has 1 aromatic carbocycles. The number of hydrogen-bond acceptors (Lipinski definition) is 5. The van der Waals surface area contributed by atoms with E-state index < -0.39 is 11.0 Å². The summed E-state index contributed by atoms with van der Waals surface area (Å²) in [5.74, 6) is 0.441. The van der Waals surface area contributed by atoms with Gasteiger partial charge in [-0.25, -0.2) is 10.1 Å². The van der Waals surface area contributed by atoms with E-state index in [1.54, 1.807) is 35.8 Å². The lowest BCUT2D eigenvalue weighted by Gasteiger charge is -2.00. The van der Waals surface area contributed by atoms with Gasteiger partial charge in [0.25, 0.3) is 5.96 Å². The molecule has 3 N–H and O–H groups in total. The first-order valence-corrected chi connectivity index (χ1v) is 6.54. The average molecular weight is 342 g/mol. The highest BCUT2D eigenvalue weighted by Crippen LogP contribution is 2.31. The minimum Gasteiger partial charge on any atom is -0.455 e. The molecule has 1 heterocycles. The molecule has 0 atom stereocenters. The zero-order valence-corrected chi connectivity index (χ0v) is 12.4. The first-order valence-electron chi connectivity index (χ1n) is 5.78. The summed E-state index contributed by atoms with van der Waals surface area (Å²) < 4.78 is 5.51. The number of nitrogens with one attached hydrogen (secondary N) is 1. The molecule has 0 fully saturated rings. The van der Waals surface area contributed by atoms with Gasteiger partial charge >= 0.3 is 0 Å². The largest absolute Gasteiger partial charge is 0.455 e.